The fourth-order valence-electron chi connectivity index (χ4n) is 1.30. The molecule has 16 heavy (non-hydrogen) atoms. The van der Waals surface area contributed by atoms with Gasteiger partial charge in [-0.2, -0.15) is 0 Å². The number of carbonyl (C=O) groups is 1. The maximum Gasteiger partial charge on any atom is 0.220 e. The lowest BCUT2D eigenvalue weighted by molar-refractivity contribution is -0.121. The molecule has 4 heteroatoms. The number of nitrogens with one attached hydrogen (secondary N) is 1. The number of benzene rings is 1. The summed E-state index contributed by atoms with van der Waals surface area (Å²) in [6.45, 7) is 1.94. The van der Waals surface area contributed by atoms with Crippen molar-refractivity contribution in [2.24, 2.45) is 0 Å². The van der Waals surface area contributed by atoms with Gasteiger partial charge >= 0.3 is 0 Å². The smallest absolute Gasteiger partial charge is 0.220 e. The summed E-state index contributed by atoms with van der Waals surface area (Å²) in [6.07, 6.45) is 0.564. The molecule has 1 atom stereocenters. The molecule has 0 saturated carbocycles. The Kier molecular flexibility index (Phi) is 5.29. The van der Waals surface area contributed by atoms with E-state index < -0.39 is 6.10 Å². The van der Waals surface area contributed by atoms with E-state index in [1.54, 1.807) is 13.0 Å². The Labute approximate surface area is 100 Å². The van der Waals surface area contributed by atoms with E-state index in [-0.39, 0.29) is 5.91 Å². The molecular weight excluding hydrogens is 226 g/mol. The Hall–Kier alpha value is -1.06. The number of hydrogen-bond acceptors (Lipinski definition) is 2. The molecule has 88 valence electrons. The number of aryl methyl sites for hydroxylation is 1. The maximum absolute atomic E-state index is 11.4. The second kappa shape index (κ2) is 6.51. The van der Waals surface area contributed by atoms with E-state index in [0.717, 1.165) is 5.56 Å². The summed E-state index contributed by atoms with van der Waals surface area (Å²) in [5.41, 5.74) is 1.04. The molecule has 0 aliphatic carbocycles. The van der Waals surface area contributed by atoms with Crippen LogP contribution >= 0.6 is 11.6 Å². The van der Waals surface area contributed by atoms with Gasteiger partial charge in [0, 0.05) is 18.0 Å². The molecule has 0 aliphatic rings. The molecule has 0 spiro atoms. The van der Waals surface area contributed by atoms with Gasteiger partial charge in [0.1, 0.15) is 0 Å². The van der Waals surface area contributed by atoms with Crippen molar-refractivity contribution >= 4 is 17.5 Å². The summed E-state index contributed by atoms with van der Waals surface area (Å²) in [7, 11) is 0. The average Bonchev–Trinajstić information content (AvgIpc) is 2.23. The lowest BCUT2D eigenvalue weighted by Gasteiger charge is -2.07. The molecule has 0 aromatic heterocycles. The minimum atomic E-state index is -0.505. The zero-order valence-electron chi connectivity index (χ0n) is 9.24. The van der Waals surface area contributed by atoms with Crippen molar-refractivity contribution in [3.63, 3.8) is 0 Å². The number of carbonyl (C=O) groups excluding carboxylic acids is 1. The van der Waals surface area contributed by atoms with Gasteiger partial charge in [0.05, 0.1) is 6.10 Å². The Morgan fingerprint density at radius 1 is 1.56 bits per heavy atom. The second-order valence-electron chi connectivity index (χ2n) is 3.78. The summed E-state index contributed by atoms with van der Waals surface area (Å²) >= 11 is 5.83. The molecule has 0 heterocycles. The summed E-state index contributed by atoms with van der Waals surface area (Å²) in [5, 5.41) is 12.3. The molecule has 1 rings (SSSR count). The van der Waals surface area contributed by atoms with Gasteiger partial charge in [0.25, 0.3) is 0 Å². The second-order valence-corrected chi connectivity index (χ2v) is 4.22. The van der Waals surface area contributed by atoms with Crippen molar-refractivity contribution in [3.05, 3.63) is 34.9 Å². The summed E-state index contributed by atoms with van der Waals surface area (Å²) in [6, 6.07) is 7.46. The summed E-state index contributed by atoms with van der Waals surface area (Å²) < 4.78 is 0. The zero-order chi connectivity index (χ0) is 12.0. The lowest BCUT2D eigenvalue weighted by atomic mass is 10.1. The fourth-order valence-corrected chi connectivity index (χ4v) is 1.51. The first-order valence-electron chi connectivity index (χ1n) is 5.27. The number of aliphatic hydroxyl groups is 1. The highest BCUT2D eigenvalue weighted by Crippen LogP contribution is 2.11. The first-order valence-corrected chi connectivity index (χ1v) is 5.65. The van der Waals surface area contributed by atoms with Gasteiger partial charge in [-0.05, 0) is 31.0 Å². The highest BCUT2D eigenvalue weighted by molar-refractivity contribution is 6.30. The van der Waals surface area contributed by atoms with E-state index in [9.17, 15) is 4.79 Å². The van der Waals surface area contributed by atoms with Gasteiger partial charge < -0.3 is 10.4 Å². The van der Waals surface area contributed by atoms with Crippen molar-refractivity contribution in [3.8, 4) is 0 Å². The van der Waals surface area contributed by atoms with E-state index in [4.69, 9.17) is 16.7 Å². The van der Waals surface area contributed by atoms with Crippen LogP contribution in [0.5, 0.6) is 0 Å². The predicted octanol–water partition coefficient (Wildman–Crippen LogP) is 1.77. The first kappa shape index (κ1) is 13.0. The van der Waals surface area contributed by atoms with Gasteiger partial charge in [-0.1, -0.05) is 23.7 Å². The van der Waals surface area contributed by atoms with Crippen molar-refractivity contribution in [1.82, 2.24) is 5.32 Å². The topological polar surface area (TPSA) is 49.3 Å². The van der Waals surface area contributed by atoms with Crippen LogP contribution in [-0.4, -0.2) is 23.7 Å². The molecule has 1 unspecified atom stereocenters. The van der Waals surface area contributed by atoms with E-state index in [0.29, 0.717) is 24.4 Å². The molecule has 2 N–H and O–H groups in total. The number of aliphatic hydroxyl groups excluding tert-OH is 1. The van der Waals surface area contributed by atoms with Crippen molar-refractivity contribution in [2.45, 2.75) is 25.9 Å². The molecule has 1 amide bonds. The molecule has 1 aromatic rings. The lowest BCUT2D eigenvalue weighted by Crippen LogP contribution is -2.30. The Bertz CT molecular complexity index is 353. The number of hydrogen-bond donors (Lipinski definition) is 2. The first-order chi connectivity index (χ1) is 7.58. The zero-order valence-corrected chi connectivity index (χ0v) is 10.00. The quantitative estimate of drug-likeness (QED) is 0.826. The molecule has 3 nitrogen and oxygen atoms in total. The van der Waals surface area contributed by atoms with E-state index in [1.165, 1.54) is 0 Å². The predicted molar refractivity (Wildman–Crippen MR) is 64.5 cm³/mol. The minimum absolute atomic E-state index is 0.0547. The van der Waals surface area contributed by atoms with Gasteiger partial charge in [-0.25, -0.2) is 0 Å². The van der Waals surface area contributed by atoms with Crippen molar-refractivity contribution in [1.29, 1.82) is 0 Å². The molecule has 0 bridgehead atoms. The van der Waals surface area contributed by atoms with E-state index in [2.05, 4.69) is 5.32 Å². The summed E-state index contributed by atoms with van der Waals surface area (Å²) in [5.74, 6) is -0.0547. The highest BCUT2D eigenvalue weighted by atomic mass is 35.5. The number of halogens is 1. The Morgan fingerprint density at radius 3 is 2.94 bits per heavy atom. The monoisotopic (exact) mass is 241 g/mol. The van der Waals surface area contributed by atoms with Crippen LogP contribution in [0, 0.1) is 0 Å². The van der Waals surface area contributed by atoms with Crippen LogP contribution in [-0.2, 0) is 11.2 Å². The highest BCUT2D eigenvalue weighted by Gasteiger charge is 2.03. The molecule has 0 saturated heterocycles. The van der Waals surface area contributed by atoms with Crippen LogP contribution in [0.3, 0.4) is 0 Å². The third-order valence-corrected chi connectivity index (χ3v) is 2.36. The van der Waals surface area contributed by atoms with Gasteiger partial charge in [-0.15, -0.1) is 0 Å². The third kappa shape index (κ3) is 5.14. The Morgan fingerprint density at radius 2 is 2.31 bits per heavy atom. The standard InChI is InChI=1S/C12H16ClNO2/c1-9(15)8-14-12(16)6-5-10-3-2-4-11(13)7-10/h2-4,7,9,15H,5-6,8H2,1H3,(H,14,16). The molecular formula is C12H16ClNO2. The van der Waals surface area contributed by atoms with Crippen LogP contribution < -0.4 is 5.32 Å². The molecule has 0 aliphatic heterocycles. The number of amides is 1. The largest absolute Gasteiger partial charge is 0.392 e. The van der Waals surface area contributed by atoms with E-state index >= 15 is 0 Å². The molecule has 0 fully saturated rings. The maximum atomic E-state index is 11.4. The van der Waals surface area contributed by atoms with Gasteiger partial charge in [-0.3, -0.25) is 4.79 Å². The van der Waals surface area contributed by atoms with Crippen molar-refractivity contribution in [2.75, 3.05) is 6.54 Å². The molecule has 1 aromatic carbocycles. The van der Waals surface area contributed by atoms with Crippen LogP contribution in [0.2, 0.25) is 5.02 Å². The minimum Gasteiger partial charge on any atom is -0.392 e. The van der Waals surface area contributed by atoms with Crippen LogP contribution in [0.1, 0.15) is 18.9 Å². The summed E-state index contributed by atoms with van der Waals surface area (Å²) in [4.78, 5) is 11.4. The Balaban J connectivity index is 2.31. The molecule has 0 radical (unpaired) electrons. The SMILES string of the molecule is CC(O)CNC(=O)CCc1cccc(Cl)c1. The van der Waals surface area contributed by atoms with Gasteiger partial charge in [0.15, 0.2) is 0 Å². The van der Waals surface area contributed by atoms with Crippen molar-refractivity contribution < 1.29 is 9.90 Å². The van der Waals surface area contributed by atoms with E-state index in [1.807, 2.05) is 18.2 Å². The van der Waals surface area contributed by atoms with Crippen LogP contribution in [0.4, 0.5) is 0 Å². The normalized spacial score (nSPS) is 12.2. The fraction of sp³-hybridized carbons (Fsp3) is 0.417. The van der Waals surface area contributed by atoms with Gasteiger partial charge in [0.2, 0.25) is 5.91 Å². The van der Waals surface area contributed by atoms with Crippen LogP contribution in [0.25, 0.3) is 0 Å². The third-order valence-electron chi connectivity index (χ3n) is 2.12. The van der Waals surface area contributed by atoms with Crippen LogP contribution in [0.15, 0.2) is 24.3 Å². The average molecular weight is 242 g/mol. The number of rotatable bonds is 5.